The number of benzene rings is 2. The highest BCUT2D eigenvalue weighted by atomic mass is 32.1. The molecule has 0 bridgehead atoms. The zero-order valence-corrected chi connectivity index (χ0v) is 58.8. The molecule has 0 atom stereocenters. The highest BCUT2D eigenvalue weighted by Crippen LogP contribution is 2.56. The molecule has 0 spiro atoms. The van der Waals surface area contributed by atoms with Crippen LogP contribution < -0.4 is 9.47 Å². The van der Waals surface area contributed by atoms with E-state index in [0.29, 0.717) is 12.8 Å². The van der Waals surface area contributed by atoms with Gasteiger partial charge in [-0.2, -0.15) is 0 Å². The molecule has 8 nitrogen and oxygen atoms in total. The first kappa shape index (κ1) is 71.6. The van der Waals surface area contributed by atoms with Gasteiger partial charge in [-0.3, -0.25) is 14.4 Å². The second kappa shape index (κ2) is 37.0. The number of esters is 3. The number of hydrogen-bond donors (Lipinski definition) is 0. The SMILES string of the molecule is C=CC(C=C)OC(=O)CCCCCCCCCCOc1cc2sc3cc(-c4ccc5c(c4)C(CCC)(CCC)c4cc(C)ccc4-5)sc3c2s1.C=CC(C=C)OC(=O)CCCCCCCCCCOc1cc2sc3cc(C)sc3c2s1.C=CC(C=C)OC(C)=O. The van der Waals surface area contributed by atoms with Crippen LogP contribution in [0.4, 0.5) is 0 Å². The van der Waals surface area contributed by atoms with E-state index in [4.69, 9.17) is 18.9 Å². The molecule has 90 heavy (non-hydrogen) atoms. The second-order valence-corrected chi connectivity index (χ2v) is 29.7. The van der Waals surface area contributed by atoms with Crippen LogP contribution in [0, 0.1) is 13.8 Å². The lowest BCUT2D eigenvalue weighted by atomic mass is 9.71. The van der Waals surface area contributed by atoms with Crippen molar-refractivity contribution in [1.29, 1.82) is 0 Å². The van der Waals surface area contributed by atoms with Crippen LogP contribution in [0.25, 0.3) is 59.2 Å². The molecule has 0 N–H and O–H groups in total. The fraction of sp³-hybridized carbons (Fsp3) is 0.434. The summed E-state index contributed by atoms with van der Waals surface area (Å²) in [5, 5.41) is 2.10. The maximum atomic E-state index is 11.8. The van der Waals surface area contributed by atoms with E-state index in [1.165, 1.54) is 184 Å². The first-order valence-electron chi connectivity index (χ1n) is 32.4. The summed E-state index contributed by atoms with van der Waals surface area (Å²) in [5.41, 5.74) is 8.78. The maximum Gasteiger partial charge on any atom is 0.306 e. The van der Waals surface area contributed by atoms with Crippen molar-refractivity contribution in [1.82, 2.24) is 0 Å². The zero-order valence-electron chi connectivity index (χ0n) is 53.9. The molecule has 0 unspecified atom stereocenters. The molecule has 0 aliphatic heterocycles. The van der Waals surface area contributed by atoms with Gasteiger partial charge in [-0.1, -0.05) is 202 Å². The first-order chi connectivity index (χ1) is 43.7. The van der Waals surface area contributed by atoms with Crippen molar-refractivity contribution >= 4 is 124 Å². The van der Waals surface area contributed by atoms with Crippen molar-refractivity contribution in [3.8, 4) is 31.7 Å². The summed E-state index contributed by atoms with van der Waals surface area (Å²) in [6, 6.07) is 23.6. The fourth-order valence-electron chi connectivity index (χ4n) is 11.7. The number of ether oxygens (including phenoxy) is 5. The largest absolute Gasteiger partial charge is 0.484 e. The van der Waals surface area contributed by atoms with Crippen LogP contribution in [0.5, 0.6) is 10.1 Å². The molecule has 482 valence electrons. The van der Waals surface area contributed by atoms with E-state index in [-0.39, 0.29) is 41.6 Å². The molecule has 14 heteroatoms. The van der Waals surface area contributed by atoms with Crippen LogP contribution in [0.3, 0.4) is 0 Å². The van der Waals surface area contributed by atoms with E-state index in [1.54, 1.807) is 41.2 Å². The minimum atomic E-state index is -0.379. The lowest BCUT2D eigenvalue weighted by Crippen LogP contribution is -2.25. The van der Waals surface area contributed by atoms with E-state index in [9.17, 15) is 14.4 Å². The van der Waals surface area contributed by atoms with Gasteiger partial charge in [0.25, 0.3) is 0 Å². The van der Waals surface area contributed by atoms with E-state index >= 15 is 0 Å². The summed E-state index contributed by atoms with van der Waals surface area (Å²) < 4.78 is 38.5. The standard InChI is InChI=1S/C44H52O3S3.C25H32O3S3.C7H10O2/c1-6-23-44(24-7-2)35-26-30(5)19-21-33(35)34-22-20-31(27-36(34)44)37-28-38-42(49-37)43-39(48-38)29-41(50-43)46-25-17-15-13-11-10-12-14-16-18-40(45)47-32(8-3)9-4;1-4-19(5-2)28-22(26)14-12-10-8-6-7-9-11-13-15-27-23-17-21-25(31-23)24-20(30-21)16-18(3)29-24;1-4-7(5-2)9-6(3)8/h8-9,19-22,26-29,32H,3-4,6-7,10-18,23-25H2,1-2,5H3;4-5,16-17,19H,1-2,6-15H2,3H3;4-5,7H,1-2H2,3H3. The zero-order chi connectivity index (χ0) is 64.4. The van der Waals surface area contributed by atoms with E-state index in [0.717, 1.165) is 61.9 Å². The van der Waals surface area contributed by atoms with Gasteiger partial charge in [0.1, 0.15) is 18.3 Å². The number of unbranched alkanes of at least 4 members (excludes halogenated alkanes) is 14. The van der Waals surface area contributed by atoms with Gasteiger partial charge in [-0.25, -0.2) is 0 Å². The Morgan fingerprint density at radius 2 is 0.856 bits per heavy atom. The van der Waals surface area contributed by atoms with Crippen molar-refractivity contribution < 1.29 is 38.1 Å². The van der Waals surface area contributed by atoms with Gasteiger partial charge >= 0.3 is 17.9 Å². The third kappa shape index (κ3) is 20.1. The molecular formula is C76H94O8S6. The molecule has 2 aromatic carbocycles. The van der Waals surface area contributed by atoms with Gasteiger partial charge in [0, 0.05) is 56.5 Å². The molecule has 1 aliphatic rings. The fourth-order valence-corrected chi connectivity index (χ4v) is 19.4. The summed E-state index contributed by atoms with van der Waals surface area (Å²) in [7, 11) is 0. The Balaban J connectivity index is 0.000000244. The lowest BCUT2D eigenvalue weighted by Gasteiger charge is -2.32. The van der Waals surface area contributed by atoms with Crippen molar-refractivity contribution in [3.05, 3.63) is 158 Å². The van der Waals surface area contributed by atoms with Crippen LogP contribution in [-0.2, 0) is 34.0 Å². The average molecular weight is 1330 g/mol. The minimum absolute atomic E-state index is 0.110. The molecule has 0 saturated heterocycles. The van der Waals surface area contributed by atoms with Crippen molar-refractivity contribution in [2.24, 2.45) is 0 Å². The normalized spacial score (nSPS) is 12.1. The van der Waals surface area contributed by atoms with Gasteiger partial charge in [0.2, 0.25) is 0 Å². The number of carbonyl (C=O) groups excluding carboxylic acids is 3. The Bertz CT molecular complexity index is 3620. The van der Waals surface area contributed by atoms with Gasteiger partial charge in [-0.05, 0) is 135 Å². The van der Waals surface area contributed by atoms with E-state index in [1.807, 2.05) is 56.7 Å². The quantitative estimate of drug-likeness (QED) is 0.0163. The summed E-state index contributed by atoms with van der Waals surface area (Å²) in [4.78, 5) is 36.5. The Morgan fingerprint density at radius 3 is 1.31 bits per heavy atom. The van der Waals surface area contributed by atoms with Gasteiger partial charge in [-0.15, -0.1) is 45.3 Å². The maximum absolute atomic E-state index is 11.8. The molecule has 0 radical (unpaired) electrons. The molecule has 6 heterocycles. The first-order valence-corrected chi connectivity index (χ1v) is 37.3. The smallest absolute Gasteiger partial charge is 0.306 e. The third-order valence-electron chi connectivity index (χ3n) is 16.1. The number of fused-ring (bicyclic) bond motifs is 9. The molecule has 1 aliphatic carbocycles. The molecule has 9 rings (SSSR count). The lowest BCUT2D eigenvalue weighted by molar-refractivity contribution is -0.146. The number of rotatable bonds is 38. The van der Waals surface area contributed by atoms with Crippen molar-refractivity contribution in [2.45, 2.75) is 200 Å². The number of thiophene rings is 6. The molecular weight excluding hydrogens is 1230 g/mol. The molecule has 8 aromatic rings. The van der Waals surface area contributed by atoms with Gasteiger partial charge < -0.3 is 23.7 Å². The predicted octanol–water partition coefficient (Wildman–Crippen LogP) is 24.1. The Hall–Kier alpha value is -5.87. The number of hydrogen-bond acceptors (Lipinski definition) is 14. The third-order valence-corrected chi connectivity index (χ3v) is 23.5. The summed E-state index contributed by atoms with van der Waals surface area (Å²) >= 11 is 11.2. The summed E-state index contributed by atoms with van der Waals surface area (Å²) in [5.74, 6) is -0.646. The predicted molar refractivity (Wildman–Crippen MR) is 392 cm³/mol. The monoisotopic (exact) mass is 1330 g/mol. The van der Waals surface area contributed by atoms with E-state index in [2.05, 4.69) is 133 Å². The molecule has 0 saturated carbocycles. The average Bonchev–Trinajstić information content (AvgIpc) is 1.62. The minimum Gasteiger partial charge on any atom is -0.484 e. The van der Waals surface area contributed by atoms with Crippen LogP contribution in [0.2, 0.25) is 0 Å². The van der Waals surface area contributed by atoms with Gasteiger partial charge in [0.05, 0.1) is 41.4 Å². The van der Waals surface area contributed by atoms with Crippen LogP contribution in [0.15, 0.2) is 137 Å². The van der Waals surface area contributed by atoms with Crippen molar-refractivity contribution in [3.63, 3.8) is 0 Å². The topological polar surface area (TPSA) is 97.4 Å². The van der Waals surface area contributed by atoms with Gasteiger partial charge in [0.15, 0.2) is 10.1 Å². The van der Waals surface area contributed by atoms with Crippen molar-refractivity contribution in [2.75, 3.05) is 13.2 Å². The molecule has 6 aromatic heterocycles. The highest BCUT2D eigenvalue weighted by Gasteiger charge is 2.42. The Labute approximate surface area is 560 Å². The van der Waals surface area contributed by atoms with Crippen LogP contribution in [0.1, 0.15) is 184 Å². The van der Waals surface area contributed by atoms with Crippen LogP contribution >= 0.6 is 68.0 Å². The Kier molecular flexibility index (Phi) is 29.4. The van der Waals surface area contributed by atoms with Crippen LogP contribution in [-0.4, -0.2) is 49.4 Å². The summed E-state index contributed by atoms with van der Waals surface area (Å²) in [6.45, 7) is 33.4. The summed E-state index contributed by atoms with van der Waals surface area (Å²) in [6.07, 6.45) is 32.3. The highest BCUT2D eigenvalue weighted by molar-refractivity contribution is 7.40. The van der Waals surface area contributed by atoms with E-state index < -0.39 is 0 Å². The molecule has 0 amide bonds. The second-order valence-electron chi connectivity index (χ2n) is 23.2. The molecule has 0 fully saturated rings. The number of carbonyl (C=O) groups is 3. The Morgan fingerprint density at radius 1 is 0.456 bits per heavy atom. The number of aryl methyl sites for hydroxylation is 2.